The summed E-state index contributed by atoms with van der Waals surface area (Å²) in [7, 11) is 0. The fourth-order valence-electron chi connectivity index (χ4n) is 4.19. The minimum Gasteiger partial charge on any atom is -0.478 e. The van der Waals surface area contributed by atoms with Crippen LogP contribution in [0.2, 0.25) is 0 Å². The van der Waals surface area contributed by atoms with Crippen molar-refractivity contribution in [1.29, 1.82) is 0 Å². The number of ether oxygens (including phenoxy) is 1. The van der Waals surface area contributed by atoms with E-state index in [2.05, 4.69) is 5.32 Å². The lowest BCUT2D eigenvalue weighted by Gasteiger charge is -2.22. The van der Waals surface area contributed by atoms with E-state index >= 15 is 0 Å². The molecule has 1 aliphatic rings. The number of para-hydroxylation sites is 1. The maximum absolute atomic E-state index is 11.7. The van der Waals surface area contributed by atoms with Gasteiger partial charge in [0, 0.05) is 36.6 Å². The summed E-state index contributed by atoms with van der Waals surface area (Å²) < 4.78 is 5.98. The maximum Gasteiger partial charge on any atom is 0.337 e. The van der Waals surface area contributed by atoms with Crippen molar-refractivity contribution >= 4 is 46.5 Å². The molecule has 3 aromatic carbocycles. The number of rotatable bonds is 9. The molecule has 0 aliphatic carbocycles. The summed E-state index contributed by atoms with van der Waals surface area (Å²) in [6, 6.07) is 22.7. The lowest BCUT2D eigenvalue weighted by atomic mass is 10.1. The van der Waals surface area contributed by atoms with Crippen molar-refractivity contribution in [2.75, 3.05) is 17.6 Å². The zero-order valence-corrected chi connectivity index (χ0v) is 21.6. The van der Waals surface area contributed by atoms with Gasteiger partial charge in [-0.05, 0) is 66.9 Å². The fraction of sp³-hybridized carbons (Fsp3) is 0.250. The van der Waals surface area contributed by atoms with Gasteiger partial charge in [-0.1, -0.05) is 36.5 Å². The molecule has 0 radical (unpaired) electrons. The van der Waals surface area contributed by atoms with Gasteiger partial charge in [-0.25, -0.2) is 4.79 Å². The fourth-order valence-corrected chi connectivity index (χ4v) is 5.53. The standard InChI is InChI=1S/C28H28N2O4S2/c1-19(31)30-16-4-5-21(30)18-36-24-14-12-23(13-15-24)34-22-10-8-20(9-11-22)17-27(35)29-26-7-3-2-6-25(26)28(32)33/h2-3,6-15,21H,4-5,16-18H2,1H3,(H,29,35)(H,32,33). The number of anilines is 1. The van der Waals surface area contributed by atoms with E-state index in [1.54, 1.807) is 43.0 Å². The van der Waals surface area contributed by atoms with E-state index < -0.39 is 5.97 Å². The number of hydrogen-bond donors (Lipinski definition) is 2. The number of carbonyl (C=O) groups is 2. The van der Waals surface area contributed by atoms with Crippen LogP contribution >= 0.6 is 24.0 Å². The Morgan fingerprint density at radius 1 is 1.06 bits per heavy atom. The molecular weight excluding hydrogens is 492 g/mol. The van der Waals surface area contributed by atoms with Crippen molar-refractivity contribution < 1.29 is 19.4 Å². The SMILES string of the molecule is CC(=O)N1CCCC1CSc1ccc(Oc2ccc(CC(=S)Nc3ccccc3C(=O)O)cc2)cc1. The highest BCUT2D eigenvalue weighted by atomic mass is 32.2. The molecule has 1 amide bonds. The molecule has 0 aromatic heterocycles. The molecule has 6 nitrogen and oxygen atoms in total. The number of hydrogen-bond acceptors (Lipinski definition) is 5. The minimum absolute atomic E-state index is 0.162. The van der Waals surface area contributed by atoms with Crippen molar-refractivity contribution in [2.45, 2.75) is 37.1 Å². The number of nitrogens with one attached hydrogen (secondary N) is 1. The summed E-state index contributed by atoms with van der Waals surface area (Å²) in [5.41, 5.74) is 1.66. The molecule has 1 saturated heterocycles. The molecule has 1 aliphatic heterocycles. The monoisotopic (exact) mass is 520 g/mol. The number of likely N-dealkylation sites (tertiary alicyclic amines) is 1. The number of aromatic carboxylic acids is 1. The van der Waals surface area contributed by atoms with Crippen molar-refractivity contribution in [3.8, 4) is 11.5 Å². The second-order valence-electron chi connectivity index (χ2n) is 8.61. The Morgan fingerprint density at radius 2 is 1.72 bits per heavy atom. The Balaban J connectivity index is 1.27. The molecule has 1 heterocycles. The zero-order valence-electron chi connectivity index (χ0n) is 20.0. The predicted octanol–water partition coefficient (Wildman–Crippen LogP) is 6.26. The average Bonchev–Trinajstić information content (AvgIpc) is 3.34. The number of thiocarbonyl (C=S) groups is 1. The van der Waals surface area contributed by atoms with Crippen molar-refractivity contribution in [2.24, 2.45) is 0 Å². The zero-order chi connectivity index (χ0) is 25.5. The Morgan fingerprint density at radius 3 is 2.39 bits per heavy atom. The van der Waals surface area contributed by atoms with Gasteiger partial charge in [0.2, 0.25) is 5.91 Å². The third-order valence-corrected chi connectivity index (χ3v) is 7.41. The summed E-state index contributed by atoms with van der Waals surface area (Å²) in [5.74, 6) is 1.54. The van der Waals surface area contributed by atoms with E-state index in [0.29, 0.717) is 23.1 Å². The van der Waals surface area contributed by atoms with E-state index in [4.69, 9.17) is 17.0 Å². The van der Waals surface area contributed by atoms with Crippen LogP contribution in [0, 0.1) is 0 Å². The second kappa shape index (κ2) is 12.1. The van der Waals surface area contributed by atoms with Gasteiger partial charge in [-0.2, -0.15) is 0 Å². The van der Waals surface area contributed by atoms with Crippen LogP contribution in [0.15, 0.2) is 77.7 Å². The van der Waals surface area contributed by atoms with E-state index in [1.165, 1.54) is 0 Å². The number of carboxylic acid groups (broad SMARTS) is 1. The second-order valence-corrected chi connectivity index (χ2v) is 10.2. The molecule has 1 atom stereocenters. The van der Waals surface area contributed by atoms with Crippen LogP contribution < -0.4 is 10.1 Å². The number of amides is 1. The van der Waals surface area contributed by atoms with Gasteiger partial charge in [-0.15, -0.1) is 11.8 Å². The van der Waals surface area contributed by atoms with Crippen LogP contribution in [0.4, 0.5) is 5.69 Å². The summed E-state index contributed by atoms with van der Waals surface area (Å²) >= 11 is 7.20. The van der Waals surface area contributed by atoms with E-state index in [9.17, 15) is 14.7 Å². The highest BCUT2D eigenvalue weighted by Gasteiger charge is 2.26. The molecule has 3 aromatic rings. The predicted molar refractivity (Wildman–Crippen MR) is 147 cm³/mol. The molecule has 8 heteroatoms. The largest absolute Gasteiger partial charge is 0.478 e. The molecule has 36 heavy (non-hydrogen) atoms. The van der Waals surface area contributed by atoms with Crippen molar-refractivity contribution in [3.05, 3.63) is 83.9 Å². The maximum atomic E-state index is 11.7. The molecule has 0 bridgehead atoms. The van der Waals surface area contributed by atoms with Crippen molar-refractivity contribution in [3.63, 3.8) is 0 Å². The highest BCUT2D eigenvalue weighted by molar-refractivity contribution is 7.99. The van der Waals surface area contributed by atoms with Crippen LogP contribution in [-0.2, 0) is 11.2 Å². The van der Waals surface area contributed by atoms with Gasteiger partial charge in [0.05, 0.1) is 16.2 Å². The first-order chi connectivity index (χ1) is 17.4. The van der Waals surface area contributed by atoms with E-state index in [1.807, 2.05) is 53.4 Å². The minimum atomic E-state index is -0.998. The number of carbonyl (C=O) groups excluding carboxylic acids is 1. The van der Waals surface area contributed by atoms with E-state index in [0.717, 1.165) is 47.1 Å². The van der Waals surface area contributed by atoms with Gasteiger partial charge in [-0.3, -0.25) is 4.79 Å². The lowest BCUT2D eigenvalue weighted by molar-refractivity contribution is -0.129. The van der Waals surface area contributed by atoms with Gasteiger partial charge >= 0.3 is 5.97 Å². The summed E-state index contributed by atoms with van der Waals surface area (Å²) in [4.78, 5) is 26.8. The van der Waals surface area contributed by atoms with Crippen molar-refractivity contribution in [1.82, 2.24) is 4.90 Å². The lowest BCUT2D eigenvalue weighted by Crippen LogP contribution is -2.35. The quantitative estimate of drug-likeness (QED) is 0.255. The third-order valence-electron chi connectivity index (χ3n) is 6.00. The Labute approximate surface area is 220 Å². The molecule has 0 spiro atoms. The molecule has 1 unspecified atom stereocenters. The summed E-state index contributed by atoms with van der Waals surface area (Å²) in [6.45, 7) is 2.52. The summed E-state index contributed by atoms with van der Waals surface area (Å²) in [5, 5.41) is 12.4. The highest BCUT2D eigenvalue weighted by Crippen LogP contribution is 2.29. The molecule has 186 valence electrons. The third kappa shape index (κ3) is 6.86. The van der Waals surface area contributed by atoms with Gasteiger partial charge in [0.1, 0.15) is 11.5 Å². The van der Waals surface area contributed by atoms with Gasteiger partial charge in [0.25, 0.3) is 0 Å². The average molecular weight is 521 g/mol. The van der Waals surface area contributed by atoms with Crippen LogP contribution in [-0.4, -0.2) is 45.2 Å². The molecule has 0 saturated carbocycles. The Kier molecular flexibility index (Phi) is 8.61. The first kappa shape index (κ1) is 25.7. The number of thioether (sulfide) groups is 1. The molecular formula is C28H28N2O4S2. The Hall–Kier alpha value is -3.36. The first-order valence-corrected chi connectivity index (χ1v) is 13.2. The van der Waals surface area contributed by atoms with Crippen LogP contribution in [0.25, 0.3) is 0 Å². The smallest absolute Gasteiger partial charge is 0.337 e. The summed E-state index contributed by atoms with van der Waals surface area (Å²) in [6.07, 6.45) is 2.63. The Bertz CT molecular complexity index is 1230. The normalized spacial score (nSPS) is 14.9. The topological polar surface area (TPSA) is 78.9 Å². The van der Waals surface area contributed by atoms with Crippen LogP contribution in [0.3, 0.4) is 0 Å². The molecule has 1 fully saturated rings. The van der Waals surface area contributed by atoms with E-state index in [-0.39, 0.29) is 11.5 Å². The first-order valence-electron chi connectivity index (χ1n) is 11.8. The van der Waals surface area contributed by atoms with Crippen LogP contribution in [0.5, 0.6) is 11.5 Å². The number of benzene rings is 3. The number of carboxylic acids is 1. The van der Waals surface area contributed by atoms with Gasteiger partial charge < -0.3 is 20.1 Å². The molecule has 2 N–H and O–H groups in total. The molecule has 4 rings (SSSR count). The number of nitrogens with zero attached hydrogens (tertiary/aromatic N) is 1. The van der Waals surface area contributed by atoms with Gasteiger partial charge in [0.15, 0.2) is 0 Å². The van der Waals surface area contributed by atoms with Crippen LogP contribution in [0.1, 0.15) is 35.7 Å².